The summed E-state index contributed by atoms with van der Waals surface area (Å²) in [5, 5.41) is 7.25. The summed E-state index contributed by atoms with van der Waals surface area (Å²) in [6.45, 7) is 15.4. The van der Waals surface area contributed by atoms with Crippen LogP contribution in [0.1, 0.15) is 53.4 Å². The van der Waals surface area contributed by atoms with Crippen molar-refractivity contribution in [1.82, 2.24) is 10.6 Å². The van der Waals surface area contributed by atoms with Gasteiger partial charge in [-0.2, -0.15) is 0 Å². The van der Waals surface area contributed by atoms with Crippen molar-refractivity contribution >= 4 is 5.84 Å². The zero-order chi connectivity index (χ0) is 20.3. The highest BCUT2D eigenvalue weighted by Crippen LogP contribution is 2.43. The van der Waals surface area contributed by atoms with Crippen LogP contribution in [0.4, 0.5) is 0 Å². The summed E-state index contributed by atoms with van der Waals surface area (Å²) in [6.07, 6.45) is 8.87. The predicted molar refractivity (Wildman–Crippen MR) is 119 cm³/mol. The molecule has 0 aromatic rings. The van der Waals surface area contributed by atoms with E-state index in [0.29, 0.717) is 17.7 Å². The van der Waals surface area contributed by atoms with Crippen LogP contribution in [0, 0.1) is 23.7 Å². The number of allylic oxidation sites excluding steroid dienone is 2. The Morgan fingerprint density at radius 2 is 2.21 bits per heavy atom. The van der Waals surface area contributed by atoms with Crippen LogP contribution in [0.2, 0.25) is 0 Å². The molecule has 1 saturated heterocycles. The van der Waals surface area contributed by atoms with E-state index in [0.717, 1.165) is 49.9 Å². The van der Waals surface area contributed by atoms with Gasteiger partial charge < -0.3 is 16.4 Å². The van der Waals surface area contributed by atoms with Crippen LogP contribution in [-0.4, -0.2) is 31.0 Å². The van der Waals surface area contributed by atoms with Gasteiger partial charge in [0.05, 0.1) is 17.9 Å². The van der Waals surface area contributed by atoms with Gasteiger partial charge in [-0.05, 0) is 88.4 Å². The standard InChI is InChI=1S/C24H38N4/c1-15-7-6-8-20(11-15)17(3)27-18(4)23-13-22(21-9-10-26-14-21)16(2)12-24(23)28-19(5)25/h6-7,16-17,21-24,26-27H,4,8-10,12-14H2,1-3,5H3,(H2,25,28). The molecule has 6 atom stereocenters. The quantitative estimate of drug-likeness (QED) is 0.371. The average molecular weight is 383 g/mol. The Morgan fingerprint density at radius 3 is 2.86 bits per heavy atom. The van der Waals surface area contributed by atoms with Gasteiger partial charge in [0.25, 0.3) is 0 Å². The van der Waals surface area contributed by atoms with Gasteiger partial charge in [-0.15, -0.1) is 5.73 Å². The topological polar surface area (TPSA) is 62.4 Å². The van der Waals surface area contributed by atoms with Crippen molar-refractivity contribution in [2.45, 2.75) is 65.5 Å². The van der Waals surface area contributed by atoms with Gasteiger partial charge in [-0.1, -0.05) is 25.7 Å². The van der Waals surface area contributed by atoms with Crippen molar-refractivity contribution in [2.24, 2.45) is 34.4 Å². The van der Waals surface area contributed by atoms with Crippen LogP contribution < -0.4 is 16.4 Å². The fourth-order valence-electron chi connectivity index (χ4n) is 5.35. The molecule has 1 aliphatic heterocycles. The largest absolute Gasteiger partial charge is 0.388 e. The third-order valence-electron chi connectivity index (χ3n) is 6.84. The number of amidine groups is 1. The maximum Gasteiger partial charge on any atom is 0.0909 e. The number of hydrogen-bond acceptors (Lipinski definition) is 3. The lowest BCUT2D eigenvalue weighted by atomic mass is 9.66. The molecule has 28 heavy (non-hydrogen) atoms. The number of hydrogen-bond donors (Lipinski definition) is 3. The van der Waals surface area contributed by atoms with Crippen molar-refractivity contribution in [2.75, 3.05) is 13.1 Å². The van der Waals surface area contributed by atoms with Crippen molar-refractivity contribution in [3.8, 4) is 0 Å². The van der Waals surface area contributed by atoms with E-state index in [9.17, 15) is 0 Å². The molecule has 3 aliphatic rings. The summed E-state index contributed by atoms with van der Waals surface area (Å²) in [5.41, 5.74) is 13.1. The van der Waals surface area contributed by atoms with Gasteiger partial charge in [0.2, 0.25) is 0 Å². The maximum atomic E-state index is 5.99. The van der Waals surface area contributed by atoms with Gasteiger partial charge in [-0.25, -0.2) is 0 Å². The average Bonchev–Trinajstić information content (AvgIpc) is 3.15. The van der Waals surface area contributed by atoms with Gasteiger partial charge in [-0.3, -0.25) is 4.99 Å². The SMILES string of the molecule is C=C(NC(C)C1=C=C(C)C=CC1)C1CC(C2CCNC2)C(C)CC1N=C(C)N. The predicted octanol–water partition coefficient (Wildman–Crippen LogP) is 3.93. The van der Waals surface area contributed by atoms with E-state index < -0.39 is 0 Å². The molecular formula is C24H38N4. The maximum absolute atomic E-state index is 5.99. The zero-order valence-electron chi connectivity index (χ0n) is 18.1. The molecule has 3 rings (SSSR count). The second-order valence-corrected chi connectivity index (χ2v) is 9.14. The van der Waals surface area contributed by atoms with E-state index in [4.69, 9.17) is 10.7 Å². The molecule has 1 heterocycles. The molecule has 4 nitrogen and oxygen atoms in total. The molecule has 0 amide bonds. The normalized spacial score (nSPS) is 34.6. The molecule has 2 fully saturated rings. The molecule has 0 aromatic carbocycles. The van der Waals surface area contributed by atoms with Gasteiger partial charge in [0, 0.05) is 11.6 Å². The third kappa shape index (κ3) is 4.98. The fraction of sp³-hybridized carbons (Fsp3) is 0.667. The van der Waals surface area contributed by atoms with E-state index in [2.05, 4.69) is 55.9 Å². The van der Waals surface area contributed by atoms with Crippen molar-refractivity contribution in [3.63, 3.8) is 0 Å². The lowest BCUT2D eigenvalue weighted by molar-refractivity contribution is 0.133. The van der Waals surface area contributed by atoms with Crippen molar-refractivity contribution in [1.29, 1.82) is 0 Å². The number of aliphatic imine (C=N–C) groups is 1. The number of rotatable bonds is 6. The lowest BCUT2D eigenvalue weighted by Crippen LogP contribution is -2.42. The smallest absolute Gasteiger partial charge is 0.0909 e. The first-order valence-corrected chi connectivity index (χ1v) is 10.9. The molecule has 0 aromatic heterocycles. The first kappa shape index (κ1) is 21.0. The lowest BCUT2D eigenvalue weighted by Gasteiger charge is -2.42. The van der Waals surface area contributed by atoms with E-state index in [1.165, 1.54) is 17.6 Å². The summed E-state index contributed by atoms with van der Waals surface area (Å²) in [5.74, 6) is 3.22. The Balaban J connectivity index is 1.75. The van der Waals surface area contributed by atoms with Crippen LogP contribution in [0.25, 0.3) is 0 Å². The molecule has 4 N–H and O–H groups in total. The van der Waals surface area contributed by atoms with Crippen LogP contribution in [-0.2, 0) is 0 Å². The second-order valence-electron chi connectivity index (χ2n) is 9.14. The second kappa shape index (κ2) is 9.15. The van der Waals surface area contributed by atoms with E-state index in [1.54, 1.807) is 0 Å². The van der Waals surface area contributed by atoms with Gasteiger partial charge in [0.1, 0.15) is 0 Å². The monoisotopic (exact) mass is 382 g/mol. The number of nitrogens with one attached hydrogen (secondary N) is 2. The van der Waals surface area contributed by atoms with Gasteiger partial charge >= 0.3 is 0 Å². The minimum Gasteiger partial charge on any atom is -0.388 e. The Labute approximate surface area is 171 Å². The first-order valence-electron chi connectivity index (χ1n) is 10.9. The van der Waals surface area contributed by atoms with Crippen LogP contribution in [0.3, 0.4) is 0 Å². The van der Waals surface area contributed by atoms with Crippen molar-refractivity contribution in [3.05, 3.63) is 41.3 Å². The van der Waals surface area contributed by atoms with E-state index >= 15 is 0 Å². The Morgan fingerprint density at radius 1 is 1.43 bits per heavy atom. The number of nitrogens with two attached hydrogens (primary N) is 1. The minimum absolute atomic E-state index is 0.232. The van der Waals surface area contributed by atoms with Crippen LogP contribution >= 0.6 is 0 Å². The Bertz CT molecular complexity index is 700. The van der Waals surface area contributed by atoms with Crippen LogP contribution in [0.15, 0.2) is 46.3 Å². The molecular weight excluding hydrogens is 344 g/mol. The zero-order valence-corrected chi connectivity index (χ0v) is 18.1. The molecule has 0 radical (unpaired) electrons. The molecule has 4 heteroatoms. The number of nitrogens with zero attached hydrogens (tertiary/aromatic N) is 1. The molecule has 154 valence electrons. The Kier molecular flexibility index (Phi) is 6.85. The van der Waals surface area contributed by atoms with E-state index in [-0.39, 0.29) is 12.1 Å². The molecule has 1 saturated carbocycles. The summed E-state index contributed by atoms with van der Waals surface area (Å²) >= 11 is 0. The fourth-order valence-corrected chi connectivity index (χ4v) is 5.35. The summed E-state index contributed by atoms with van der Waals surface area (Å²) in [6, 6.07) is 0.470. The molecule has 2 aliphatic carbocycles. The minimum atomic E-state index is 0.232. The first-order chi connectivity index (χ1) is 13.3. The molecule has 0 spiro atoms. The summed E-state index contributed by atoms with van der Waals surface area (Å²) in [7, 11) is 0. The van der Waals surface area contributed by atoms with Crippen molar-refractivity contribution < 1.29 is 0 Å². The highest BCUT2D eigenvalue weighted by atomic mass is 15.0. The molecule has 6 unspecified atom stereocenters. The van der Waals surface area contributed by atoms with Crippen LogP contribution in [0.5, 0.6) is 0 Å². The van der Waals surface area contributed by atoms with Gasteiger partial charge in [0.15, 0.2) is 0 Å². The highest BCUT2D eigenvalue weighted by Gasteiger charge is 2.40. The summed E-state index contributed by atoms with van der Waals surface area (Å²) < 4.78 is 0. The Hall–Kier alpha value is -1.77. The van der Waals surface area contributed by atoms with E-state index in [1.807, 2.05) is 6.92 Å². The third-order valence-corrected chi connectivity index (χ3v) is 6.84. The molecule has 0 bridgehead atoms. The highest BCUT2D eigenvalue weighted by molar-refractivity contribution is 5.77. The summed E-state index contributed by atoms with van der Waals surface area (Å²) in [4.78, 5) is 4.82.